The van der Waals surface area contributed by atoms with Crippen LogP contribution in [0.5, 0.6) is 0 Å². The molecule has 4 aromatic carbocycles. The van der Waals surface area contributed by atoms with E-state index in [1.54, 1.807) is 6.08 Å². The van der Waals surface area contributed by atoms with Crippen LogP contribution in [-0.4, -0.2) is 17.8 Å². The van der Waals surface area contributed by atoms with Gasteiger partial charge in [0.15, 0.2) is 0 Å². The van der Waals surface area contributed by atoms with Crippen LogP contribution < -0.4 is 5.56 Å². The van der Waals surface area contributed by atoms with Crippen LogP contribution in [0.2, 0.25) is 0 Å². The largest absolute Gasteiger partial charge is 0.377 e. The highest BCUT2D eigenvalue weighted by Crippen LogP contribution is 2.35. The number of pyridine rings is 1. The molecule has 1 aromatic heterocycles. The second kappa shape index (κ2) is 10.1. The molecule has 0 bridgehead atoms. The second-order valence-corrected chi connectivity index (χ2v) is 8.84. The van der Waals surface area contributed by atoms with Crippen LogP contribution in [0.25, 0.3) is 38.5 Å². The summed E-state index contributed by atoms with van der Waals surface area (Å²) in [4.78, 5) is 14.0. The van der Waals surface area contributed by atoms with Crippen molar-refractivity contribution in [3.05, 3.63) is 125 Å². The summed E-state index contributed by atoms with van der Waals surface area (Å²) >= 11 is 0. The zero-order chi connectivity index (χ0) is 24.2. The summed E-state index contributed by atoms with van der Waals surface area (Å²) in [6.45, 7) is 6.98. The molecule has 0 radical (unpaired) electrons. The molecule has 0 unspecified atom stereocenters. The van der Waals surface area contributed by atoms with Gasteiger partial charge in [-0.25, -0.2) is 0 Å². The minimum atomic E-state index is -0.000885. The van der Waals surface area contributed by atoms with Crippen LogP contribution >= 0.6 is 0 Å². The predicted octanol–water partition coefficient (Wildman–Crippen LogP) is 7.25. The number of nitrogens with zero attached hydrogens (tertiary/aromatic N) is 1. The fraction of sp³-hybridized carbons (Fsp3) is 0.156. The molecule has 1 heterocycles. The van der Waals surface area contributed by atoms with Crippen molar-refractivity contribution >= 4 is 21.5 Å². The van der Waals surface area contributed by atoms with Crippen LogP contribution in [0.4, 0.5) is 0 Å². The molecular weight excluding hydrogens is 430 g/mol. The smallest absolute Gasteiger partial charge is 0.263 e. The van der Waals surface area contributed by atoms with Gasteiger partial charge in [0.1, 0.15) is 0 Å². The average molecular weight is 460 g/mol. The molecule has 0 amide bonds. The number of aromatic nitrogens is 1. The number of fused-ring (bicyclic) bond motifs is 2. The molecule has 35 heavy (non-hydrogen) atoms. The first-order valence-corrected chi connectivity index (χ1v) is 12.1. The van der Waals surface area contributed by atoms with Crippen molar-refractivity contribution in [1.29, 1.82) is 0 Å². The maximum absolute atomic E-state index is 14.0. The molecule has 5 rings (SSSR count). The van der Waals surface area contributed by atoms with Crippen molar-refractivity contribution in [2.75, 3.05) is 13.2 Å². The Morgan fingerprint density at radius 1 is 0.829 bits per heavy atom. The van der Waals surface area contributed by atoms with Gasteiger partial charge in [0, 0.05) is 23.2 Å². The quantitative estimate of drug-likeness (QED) is 0.181. The maximum atomic E-state index is 14.0. The lowest BCUT2D eigenvalue weighted by Gasteiger charge is -2.22. The standard InChI is InChI=1S/C32H29NO2/c1-3-21-35-22-9-16-29-27-13-6-7-14-30(27)32(34)33(25-19-17-23(2)18-20-25)31(29)28-15-8-11-24-10-4-5-12-26(24)28/h3-8,10-15,17-20H,1,9,16,21-22H2,2H3. The SMILES string of the molecule is C=CCOCCCc1c(-c2cccc3ccccc23)n(-c2ccc(C)cc2)c(=O)c2ccccc12. The van der Waals surface area contributed by atoms with Crippen LogP contribution in [0.15, 0.2) is 108 Å². The zero-order valence-corrected chi connectivity index (χ0v) is 20.0. The van der Waals surface area contributed by atoms with Crippen LogP contribution in [0, 0.1) is 6.92 Å². The van der Waals surface area contributed by atoms with E-state index in [0.717, 1.165) is 56.9 Å². The maximum Gasteiger partial charge on any atom is 0.263 e. The fourth-order valence-electron chi connectivity index (χ4n) is 4.84. The van der Waals surface area contributed by atoms with Gasteiger partial charge in [0.2, 0.25) is 0 Å². The molecule has 0 atom stereocenters. The molecule has 3 nitrogen and oxygen atoms in total. The molecular formula is C32H29NO2. The van der Waals surface area contributed by atoms with Gasteiger partial charge in [-0.1, -0.05) is 84.4 Å². The predicted molar refractivity (Wildman–Crippen MR) is 147 cm³/mol. The third-order valence-corrected chi connectivity index (χ3v) is 6.48. The molecule has 0 aliphatic rings. The summed E-state index contributed by atoms with van der Waals surface area (Å²) in [5.41, 5.74) is 5.22. The molecule has 0 saturated heterocycles. The molecule has 5 aromatic rings. The molecule has 0 fully saturated rings. The van der Waals surface area contributed by atoms with E-state index in [-0.39, 0.29) is 5.56 Å². The Kier molecular flexibility index (Phi) is 6.60. The highest BCUT2D eigenvalue weighted by molar-refractivity contribution is 6.00. The van der Waals surface area contributed by atoms with E-state index in [9.17, 15) is 4.79 Å². The van der Waals surface area contributed by atoms with E-state index < -0.39 is 0 Å². The van der Waals surface area contributed by atoms with Crippen LogP contribution in [-0.2, 0) is 11.2 Å². The first kappa shape index (κ1) is 22.8. The summed E-state index contributed by atoms with van der Waals surface area (Å²) in [5.74, 6) is 0. The van der Waals surface area contributed by atoms with E-state index >= 15 is 0 Å². The van der Waals surface area contributed by atoms with Crippen molar-refractivity contribution in [2.24, 2.45) is 0 Å². The Balaban J connectivity index is 1.85. The highest BCUT2D eigenvalue weighted by Gasteiger charge is 2.20. The Morgan fingerprint density at radius 3 is 2.29 bits per heavy atom. The molecule has 0 aliphatic carbocycles. The van der Waals surface area contributed by atoms with Gasteiger partial charge in [0.05, 0.1) is 12.3 Å². The topological polar surface area (TPSA) is 31.2 Å². The summed E-state index contributed by atoms with van der Waals surface area (Å²) < 4.78 is 7.60. The van der Waals surface area contributed by atoms with Crippen molar-refractivity contribution < 1.29 is 4.74 Å². The lowest BCUT2D eigenvalue weighted by Crippen LogP contribution is -2.22. The molecule has 0 spiro atoms. The van der Waals surface area contributed by atoms with Gasteiger partial charge in [-0.3, -0.25) is 9.36 Å². The van der Waals surface area contributed by atoms with Gasteiger partial charge in [0.25, 0.3) is 5.56 Å². The molecule has 0 aliphatic heterocycles. The fourth-order valence-corrected chi connectivity index (χ4v) is 4.84. The van der Waals surface area contributed by atoms with Crippen molar-refractivity contribution in [3.63, 3.8) is 0 Å². The minimum absolute atomic E-state index is 0.000885. The van der Waals surface area contributed by atoms with E-state index in [2.05, 4.69) is 74.2 Å². The Morgan fingerprint density at radius 2 is 1.51 bits per heavy atom. The number of hydrogen-bond acceptors (Lipinski definition) is 2. The summed E-state index contributed by atoms with van der Waals surface area (Å²) in [7, 11) is 0. The third-order valence-electron chi connectivity index (χ3n) is 6.48. The third kappa shape index (κ3) is 4.43. The van der Waals surface area contributed by atoms with E-state index in [1.165, 1.54) is 5.56 Å². The zero-order valence-electron chi connectivity index (χ0n) is 20.0. The molecule has 3 heteroatoms. The van der Waals surface area contributed by atoms with E-state index in [1.807, 2.05) is 34.9 Å². The number of rotatable bonds is 8. The minimum Gasteiger partial charge on any atom is -0.377 e. The number of hydrogen-bond donors (Lipinski definition) is 0. The summed E-state index contributed by atoms with van der Waals surface area (Å²) in [6, 6.07) is 30.9. The summed E-state index contributed by atoms with van der Waals surface area (Å²) in [6.07, 6.45) is 3.42. The Hall–Kier alpha value is -3.95. The number of aryl methyl sites for hydroxylation is 2. The first-order chi connectivity index (χ1) is 17.2. The number of ether oxygens (including phenoxy) is 1. The lowest BCUT2D eigenvalue weighted by atomic mass is 9.92. The van der Waals surface area contributed by atoms with Crippen molar-refractivity contribution in [1.82, 2.24) is 4.57 Å². The van der Waals surface area contributed by atoms with Crippen LogP contribution in [0.3, 0.4) is 0 Å². The number of benzene rings is 4. The van der Waals surface area contributed by atoms with E-state index in [0.29, 0.717) is 13.2 Å². The average Bonchev–Trinajstić information content (AvgIpc) is 2.90. The van der Waals surface area contributed by atoms with Crippen molar-refractivity contribution in [2.45, 2.75) is 19.8 Å². The van der Waals surface area contributed by atoms with Crippen molar-refractivity contribution in [3.8, 4) is 16.9 Å². The Bertz CT molecular complexity index is 1560. The monoisotopic (exact) mass is 459 g/mol. The van der Waals surface area contributed by atoms with Gasteiger partial charge in [-0.2, -0.15) is 0 Å². The first-order valence-electron chi connectivity index (χ1n) is 12.1. The second-order valence-electron chi connectivity index (χ2n) is 8.84. The molecule has 174 valence electrons. The van der Waals surface area contributed by atoms with Crippen LogP contribution in [0.1, 0.15) is 17.5 Å². The van der Waals surface area contributed by atoms with Gasteiger partial charge in [-0.15, -0.1) is 6.58 Å². The van der Waals surface area contributed by atoms with Gasteiger partial charge in [-0.05, 0) is 59.7 Å². The highest BCUT2D eigenvalue weighted by atomic mass is 16.5. The lowest BCUT2D eigenvalue weighted by molar-refractivity contribution is 0.160. The Labute approximate surface area is 205 Å². The molecule has 0 saturated carbocycles. The summed E-state index contributed by atoms with van der Waals surface area (Å²) in [5, 5.41) is 4.03. The van der Waals surface area contributed by atoms with Gasteiger partial charge < -0.3 is 4.74 Å². The van der Waals surface area contributed by atoms with Gasteiger partial charge >= 0.3 is 0 Å². The van der Waals surface area contributed by atoms with E-state index in [4.69, 9.17) is 4.74 Å². The normalized spacial score (nSPS) is 11.2. The molecule has 0 N–H and O–H groups in total.